The van der Waals surface area contributed by atoms with Crippen molar-refractivity contribution in [1.29, 1.82) is 0 Å². The molecule has 6 N–H and O–H groups in total. The lowest BCUT2D eigenvalue weighted by Gasteiger charge is -2.29. The number of rotatable bonds is 1. The van der Waals surface area contributed by atoms with Gasteiger partial charge in [0, 0.05) is 5.41 Å². The molecular weight excluding hydrogens is 128 g/mol. The van der Waals surface area contributed by atoms with E-state index in [9.17, 15) is 0 Å². The van der Waals surface area contributed by atoms with Crippen molar-refractivity contribution in [3.05, 3.63) is 12.3 Å². The van der Waals surface area contributed by atoms with Crippen LogP contribution in [0.2, 0.25) is 0 Å². The van der Waals surface area contributed by atoms with E-state index in [0.29, 0.717) is 5.70 Å². The van der Waals surface area contributed by atoms with Gasteiger partial charge in [0.05, 0.1) is 0 Å². The topological polar surface area (TPSA) is 78.1 Å². The standard InChI is InChI=1S/C6H17N4/c1-5(6(2,3)4)10(7,8)9/h1,7-9H2,2-4H3/q+1. The van der Waals surface area contributed by atoms with E-state index in [-0.39, 0.29) is 5.41 Å². The maximum atomic E-state index is 5.36. The number of nitrogens with two attached hydrogens (primary N) is 3. The van der Waals surface area contributed by atoms with Gasteiger partial charge in [0.2, 0.25) is 0 Å². The molecular formula is C6H17N4+. The Labute approximate surface area is 61.8 Å². The maximum Gasteiger partial charge on any atom is 0.166 e. The zero-order valence-electron chi connectivity index (χ0n) is 6.89. The molecule has 0 bridgehead atoms. The molecule has 0 aromatic rings. The lowest BCUT2D eigenvalue weighted by atomic mass is 9.93. The van der Waals surface area contributed by atoms with Crippen LogP contribution in [0, 0.1) is 5.41 Å². The first-order valence-corrected chi connectivity index (χ1v) is 3.10. The minimum absolute atomic E-state index is 0.155. The highest BCUT2D eigenvalue weighted by Crippen LogP contribution is 2.24. The normalized spacial score (nSPS) is 13.4. The van der Waals surface area contributed by atoms with Gasteiger partial charge in [0.15, 0.2) is 5.70 Å². The number of quaternary nitrogens is 1. The summed E-state index contributed by atoms with van der Waals surface area (Å²) in [6, 6.07) is 0. The molecule has 0 aliphatic carbocycles. The van der Waals surface area contributed by atoms with Crippen LogP contribution < -0.4 is 17.5 Å². The number of hydrogen-bond donors (Lipinski definition) is 3. The van der Waals surface area contributed by atoms with Crippen LogP contribution in [0.15, 0.2) is 12.3 Å². The van der Waals surface area contributed by atoms with E-state index >= 15 is 0 Å². The molecule has 10 heavy (non-hydrogen) atoms. The molecule has 60 valence electrons. The van der Waals surface area contributed by atoms with Crippen molar-refractivity contribution in [3.8, 4) is 0 Å². The van der Waals surface area contributed by atoms with Crippen molar-refractivity contribution in [3.63, 3.8) is 0 Å². The van der Waals surface area contributed by atoms with Crippen molar-refractivity contribution in [2.45, 2.75) is 20.8 Å². The van der Waals surface area contributed by atoms with E-state index in [1.54, 1.807) is 0 Å². The summed E-state index contributed by atoms with van der Waals surface area (Å²) < 4.78 is 0. The molecule has 0 heterocycles. The molecule has 0 aliphatic heterocycles. The van der Waals surface area contributed by atoms with Gasteiger partial charge in [-0.1, -0.05) is 25.6 Å². The van der Waals surface area contributed by atoms with Crippen LogP contribution in [0.25, 0.3) is 0 Å². The summed E-state index contributed by atoms with van der Waals surface area (Å²) in [5, 5.41) is 0. The average molecular weight is 145 g/mol. The van der Waals surface area contributed by atoms with Gasteiger partial charge in [0.1, 0.15) is 0 Å². The first kappa shape index (κ1) is 9.58. The molecule has 0 fully saturated rings. The molecule has 0 atom stereocenters. The fourth-order valence-electron chi connectivity index (χ4n) is 0.581. The highest BCUT2D eigenvalue weighted by Gasteiger charge is 2.30. The van der Waals surface area contributed by atoms with E-state index in [2.05, 4.69) is 6.58 Å². The largest absolute Gasteiger partial charge is 0.166 e. The van der Waals surface area contributed by atoms with Gasteiger partial charge in [-0.15, -0.1) is 17.5 Å². The molecule has 0 spiro atoms. The fraction of sp³-hybridized carbons (Fsp3) is 0.667. The molecule has 0 rings (SSSR count). The van der Waals surface area contributed by atoms with Crippen LogP contribution in [0.1, 0.15) is 20.8 Å². The Morgan fingerprint density at radius 3 is 1.50 bits per heavy atom. The van der Waals surface area contributed by atoms with Crippen LogP contribution in [0.5, 0.6) is 0 Å². The van der Waals surface area contributed by atoms with Crippen molar-refractivity contribution < 1.29 is 4.81 Å². The molecule has 4 nitrogen and oxygen atoms in total. The van der Waals surface area contributed by atoms with Gasteiger partial charge in [-0.2, -0.15) is 0 Å². The Kier molecular flexibility index (Phi) is 2.22. The van der Waals surface area contributed by atoms with Gasteiger partial charge in [-0.3, -0.25) is 0 Å². The quantitative estimate of drug-likeness (QED) is 0.276. The van der Waals surface area contributed by atoms with Gasteiger partial charge in [-0.05, 0) is 6.58 Å². The van der Waals surface area contributed by atoms with Crippen LogP contribution in [0.3, 0.4) is 0 Å². The highest BCUT2D eigenvalue weighted by atomic mass is 15.9. The summed E-state index contributed by atoms with van der Waals surface area (Å²) in [5.74, 6) is 16.1. The monoisotopic (exact) mass is 145 g/mol. The molecule has 0 saturated carbocycles. The second kappa shape index (κ2) is 2.32. The van der Waals surface area contributed by atoms with Crippen LogP contribution >= 0.6 is 0 Å². The average Bonchev–Trinajstić information content (AvgIpc) is 1.59. The van der Waals surface area contributed by atoms with Crippen LogP contribution in [-0.4, -0.2) is 4.81 Å². The number of allylic oxidation sites excluding steroid dienone is 1. The maximum absolute atomic E-state index is 5.36. The Hall–Kier alpha value is -0.420. The van der Waals surface area contributed by atoms with E-state index in [0.717, 1.165) is 0 Å². The number of nitrogens with zero attached hydrogens (tertiary/aromatic N) is 1. The predicted molar refractivity (Wildman–Crippen MR) is 41.4 cm³/mol. The first-order valence-electron chi connectivity index (χ1n) is 3.10. The van der Waals surface area contributed by atoms with E-state index < -0.39 is 4.81 Å². The second-order valence-corrected chi connectivity index (χ2v) is 3.53. The molecule has 0 aliphatic rings. The molecule has 4 heteroatoms. The lowest BCUT2D eigenvalue weighted by Crippen LogP contribution is -2.66. The van der Waals surface area contributed by atoms with E-state index in [4.69, 9.17) is 17.5 Å². The van der Waals surface area contributed by atoms with Gasteiger partial charge in [-0.25, -0.2) is 0 Å². The Bertz CT molecular complexity index is 121. The summed E-state index contributed by atoms with van der Waals surface area (Å²) in [6.45, 7) is 9.55. The second-order valence-electron chi connectivity index (χ2n) is 3.53. The first-order chi connectivity index (χ1) is 4.15. The van der Waals surface area contributed by atoms with Crippen molar-refractivity contribution in [2.75, 3.05) is 0 Å². The van der Waals surface area contributed by atoms with E-state index in [1.165, 1.54) is 0 Å². The molecule has 0 radical (unpaired) electrons. The summed E-state index contributed by atoms with van der Waals surface area (Å²) in [4.78, 5) is -0.649. The minimum Gasteiger partial charge on any atom is -0.136 e. The molecule has 0 saturated heterocycles. The zero-order valence-corrected chi connectivity index (χ0v) is 6.89. The lowest BCUT2D eigenvalue weighted by molar-refractivity contribution is -0.932. The SMILES string of the molecule is C=C(C(C)(C)C)[N+](N)(N)N. The molecule has 0 amide bonds. The summed E-state index contributed by atoms with van der Waals surface area (Å²) >= 11 is 0. The Balaban J connectivity index is 4.40. The van der Waals surface area contributed by atoms with Crippen molar-refractivity contribution >= 4 is 0 Å². The summed E-state index contributed by atoms with van der Waals surface area (Å²) in [7, 11) is 0. The van der Waals surface area contributed by atoms with Gasteiger partial charge < -0.3 is 0 Å². The van der Waals surface area contributed by atoms with Crippen molar-refractivity contribution in [1.82, 2.24) is 0 Å². The molecule has 0 aromatic carbocycles. The Morgan fingerprint density at radius 1 is 1.20 bits per heavy atom. The molecule has 0 aromatic heterocycles. The zero-order chi connectivity index (χ0) is 8.58. The molecule has 0 unspecified atom stereocenters. The summed E-state index contributed by atoms with van der Waals surface area (Å²) in [5.41, 5.74) is 0.436. The van der Waals surface area contributed by atoms with E-state index in [1.807, 2.05) is 20.8 Å². The van der Waals surface area contributed by atoms with Crippen molar-refractivity contribution in [2.24, 2.45) is 22.9 Å². The predicted octanol–water partition coefficient (Wildman–Crippen LogP) is -0.0159. The van der Waals surface area contributed by atoms with Crippen LogP contribution in [0.4, 0.5) is 0 Å². The number of hydrogen-bond acceptors (Lipinski definition) is 3. The Morgan fingerprint density at radius 2 is 1.50 bits per heavy atom. The van der Waals surface area contributed by atoms with Gasteiger partial charge >= 0.3 is 0 Å². The third-order valence-corrected chi connectivity index (χ3v) is 1.33. The summed E-state index contributed by atoms with van der Waals surface area (Å²) in [6.07, 6.45) is 0. The minimum atomic E-state index is -0.649. The fourth-order valence-corrected chi connectivity index (χ4v) is 0.581. The smallest absolute Gasteiger partial charge is 0.136 e. The third kappa shape index (κ3) is 2.45. The van der Waals surface area contributed by atoms with Crippen LogP contribution in [-0.2, 0) is 0 Å². The highest BCUT2D eigenvalue weighted by molar-refractivity contribution is 4.94. The van der Waals surface area contributed by atoms with Gasteiger partial charge in [0.25, 0.3) is 0 Å². The third-order valence-electron chi connectivity index (χ3n) is 1.33.